The van der Waals surface area contributed by atoms with Gasteiger partial charge in [0.25, 0.3) is 5.69 Å². The van der Waals surface area contributed by atoms with E-state index in [4.69, 9.17) is 4.98 Å². The average Bonchev–Trinajstić information content (AvgIpc) is 3.43. The first-order valence-electron chi connectivity index (χ1n) is 8.99. The number of fused-ring (bicyclic) bond motifs is 2. The summed E-state index contributed by atoms with van der Waals surface area (Å²) < 4.78 is 0. The molecule has 1 aliphatic heterocycles. The normalized spacial score (nSPS) is 17.4. The molecule has 1 saturated carbocycles. The molecule has 0 radical (unpaired) electrons. The van der Waals surface area contributed by atoms with Gasteiger partial charge < -0.3 is 4.98 Å². The fraction of sp³-hybridized carbons (Fsp3) is 0.368. The summed E-state index contributed by atoms with van der Waals surface area (Å²) in [5.74, 6) is 1.58. The number of aromatic nitrogens is 3. The van der Waals surface area contributed by atoms with E-state index in [1.807, 2.05) is 18.5 Å². The molecule has 3 aromatic rings. The smallest absolute Gasteiger partial charge is 0.279 e. The van der Waals surface area contributed by atoms with Crippen molar-refractivity contribution in [3.05, 3.63) is 63.4 Å². The van der Waals surface area contributed by atoms with Gasteiger partial charge in [0.15, 0.2) is 0 Å². The summed E-state index contributed by atoms with van der Waals surface area (Å²) in [4.78, 5) is 25.8. The van der Waals surface area contributed by atoms with Gasteiger partial charge in [0.05, 0.1) is 15.8 Å². The van der Waals surface area contributed by atoms with Crippen molar-refractivity contribution in [2.75, 3.05) is 6.54 Å². The minimum Gasteiger partial charge on any atom is -0.361 e. The molecule has 0 amide bonds. The summed E-state index contributed by atoms with van der Waals surface area (Å²) in [6.07, 6.45) is 7.19. The topological polar surface area (TPSA) is 88.0 Å². The van der Waals surface area contributed by atoms with E-state index in [0.29, 0.717) is 17.8 Å². The van der Waals surface area contributed by atoms with Gasteiger partial charge in [-0.3, -0.25) is 15.0 Å². The van der Waals surface area contributed by atoms with Crippen LogP contribution >= 0.6 is 0 Å². The van der Waals surface area contributed by atoms with Crippen molar-refractivity contribution in [2.45, 2.75) is 38.3 Å². The van der Waals surface area contributed by atoms with Crippen molar-refractivity contribution >= 4 is 16.6 Å². The quantitative estimate of drug-likeness (QED) is 0.577. The van der Waals surface area contributed by atoms with E-state index in [0.717, 1.165) is 36.4 Å². The maximum absolute atomic E-state index is 11.4. The lowest BCUT2D eigenvalue weighted by molar-refractivity contribution is -0.383. The van der Waals surface area contributed by atoms with Gasteiger partial charge in [-0.2, -0.15) is 0 Å². The summed E-state index contributed by atoms with van der Waals surface area (Å²) >= 11 is 0. The van der Waals surface area contributed by atoms with Crippen LogP contribution in [-0.4, -0.2) is 31.3 Å². The third kappa shape index (κ3) is 2.64. The second-order valence-electron chi connectivity index (χ2n) is 7.21. The number of hydrogen-bond acceptors (Lipinski definition) is 5. The number of rotatable bonds is 4. The number of nitro groups is 1. The monoisotopic (exact) mass is 349 g/mol. The average molecular weight is 349 g/mol. The van der Waals surface area contributed by atoms with Gasteiger partial charge >= 0.3 is 0 Å². The van der Waals surface area contributed by atoms with Crippen LogP contribution in [-0.2, 0) is 19.5 Å². The summed E-state index contributed by atoms with van der Waals surface area (Å²) in [5, 5.41) is 12.1. The van der Waals surface area contributed by atoms with E-state index in [-0.39, 0.29) is 10.6 Å². The highest BCUT2D eigenvalue weighted by Gasteiger charge is 2.28. The molecule has 5 rings (SSSR count). The zero-order chi connectivity index (χ0) is 17.7. The number of non-ortho nitro benzene ring substituents is 1. The molecule has 1 fully saturated rings. The summed E-state index contributed by atoms with van der Waals surface area (Å²) in [6.45, 7) is 2.36. The summed E-state index contributed by atoms with van der Waals surface area (Å²) in [5.41, 5.74) is 4.28. The van der Waals surface area contributed by atoms with Crippen molar-refractivity contribution in [1.29, 1.82) is 0 Å². The first-order valence-corrected chi connectivity index (χ1v) is 8.99. The second-order valence-corrected chi connectivity index (χ2v) is 7.21. The molecule has 2 aliphatic rings. The van der Waals surface area contributed by atoms with Crippen LogP contribution in [0.1, 0.15) is 41.4 Å². The van der Waals surface area contributed by atoms with Crippen LogP contribution in [0.5, 0.6) is 0 Å². The van der Waals surface area contributed by atoms with E-state index in [9.17, 15) is 10.1 Å². The van der Waals surface area contributed by atoms with Crippen molar-refractivity contribution in [2.24, 2.45) is 0 Å². The molecule has 7 nitrogen and oxygen atoms in total. The largest absolute Gasteiger partial charge is 0.361 e. The third-order valence-electron chi connectivity index (χ3n) is 5.33. The van der Waals surface area contributed by atoms with Gasteiger partial charge in [0.1, 0.15) is 5.82 Å². The van der Waals surface area contributed by atoms with Crippen molar-refractivity contribution < 1.29 is 4.92 Å². The van der Waals surface area contributed by atoms with Crippen LogP contribution in [0.3, 0.4) is 0 Å². The highest BCUT2D eigenvalue weighted by molar-refractivity contribution is 5.91. The van der Waals surface area contributed by atoms with Gasteiger partial charge in [0.2, 0.25) is 0 Å². The van der Waals surface area contributed by atoms with Gasteiger partial charge in [-0.1, -0.05) is 6.07 Å². The number of nitrogens with one attached hydrogen (secondary N) is 1. The molecule has 0 bridgehead atoms. The van der Waals surface area contributed by atoms with Crippen molar-refractivity contribution in [3.8, 4) is 0 Å². The molecular formula is C19H19N5O2. The Morgan fingerprint density at radius 3 is 3.04 bits per heavy atom. The maximum atomic E-state index is 11.4. The van der Waals surface area contributed by atoms with E-state index in [1.54, 1.807) is 12.1 Å². The van der Waals surface area contributed by atoms with Crippen LogP contribution in [0.2, 0.25) is 0 Å². The number of aromatic amines is 1. The van der Waals surface area contributed by atoms with Gasteiger partial charge in [-0.25, -0.2) is 9.97 Å². The fourth-order valence-corrected chi connectivity index (χ4v) is 3.82. The number of benzene rings is 1. The molecule has 0 atom stereocenters. The van der Waals surface area contributed by atoms with Gasteiger partial charge in [-0.05, 0) is 24.5 Å². The zero-order valence-corrected chi connectivity index (χ0v) is 14.3. The number of H-pyrrole nitrogens is 1. The predicted octanol–water partition coefficient (Wildman–Crippen LogP) is 3.30. The molecule has 0 saturated heterocycles. The Balaban J connectivity index is 1.41. The molecule has 7 heteroatoms. The Morgan fingerprint density at radius 1 is 1.35 bits per heavy atom. The Kier molecular flexibility index (Phi) is 3.49. The van der Waals surface area contributed by atoms with Crippen LogP contribution in [0.15, 0.2) is 30.6 Å². The van der Waals surface area contributed by atoms with Crippen molar-refractivity contribution in [1.82, 2.24) is 19.9 Å². The van der Waals surface area contributed by atoms with E-state index < -0.39 is 0 Å². The lowest BCUT2D eigenvalue weighted by Gasteiger charge is -2.27. The van der Waals surface area contributed by atoms with E-state index in [2.05, 4.69) is 14.9 Å². The Labute approximate surface area is 150 Å². The molecule has 2 aromatic heterocycles. The number of hydrogen-bond donors (Lipinski definition) is 1. The highest BCUT2D eigenvalue weighted by Crippen LogP contribution is 2.38. The van der Waals surface area contributed by atoms with Crippen LogP contribution in [0.25, 0.3) is 10.9 Å². The SMILES string of the molecule is O=[N+]([O-])c1cccc2[nH]cc(CN3CCc4nc(C5CC5)ncc4C3)c12. The molecule has 1 aromatic carbocycles. The number of nitro benzene ring substituents is 1. The van der Waals surface area contributed by atoms with E-state index >= 15 is 0 Å². The highest BCUT2D eigenvalue weighted by atomic mass is 16.6. The first kappa shape index (κ1) is 15.5. The van der Waals surface area contributed by atoms with Gasteiger partial charge in [-0.15, -0.1) is 0 Å². The summed E-state index contributed by atoms with van der Waals surface area (Å²) in [6, 6.07) is 5.16. The zero-order valence-electron chi connectivity index (χ0n) is 14.3. The van der Waals surface area contributed by atoms with Crippen molar-refractivity contribution in [3.63, 3.8) is 0 Å². The molecular weight excluding hydrogens is 330 g/mol. The Morgan fingerprint density at radius 2 is 2.23 bits per heavy atom. The molecule has 26 heavy (non-hydrogen) atoms. The lowest BCUT2D eigenvalue weighted by Crippen LogP contribution is -2.31. The molecule has 1 aliphatic carbocycles. The standard InChI is InChI=1S/C19H19N5O2/c25-24(26)17-3-1-2-16-18(17)14(9-20-16)11-23-7-6-15-13(10-23)8-21-19(22-15)12-4-5-12/h1-3,8-9,12,20H,4-7,10-11H2. The fourth-order valence-electron chi connectivity index (χ4n) is 3.82. The van der Waals surface area contributed by atoms with Crippen LogP contribution in [0, 0.1) is 10.1 Å². The molecule has 0 unspecified atom stereocenters. The number of nitrogens with zero attached hydrogens (tertiary/aromatic N) is 4. The second kappa shape index (κ2) is 5.88. The molecule has 132 valence electrons. The predicted molar refractivity (Wildman–Crippen MR) is 96.8 cm³/mol. The molecule has 0 spiro atoms. The van der Waals surface area contributed by atoms with E-state index in [1.165, 1.54) is 24.1 Å². The molecule has 1 N–H and O–H groups in total. The summed E-state index contributed by atoms with van der Waals surface area (Å²) in [7, 11) is 0. The minimum absolute atomic E-state index is 0.161. The third-order valence-corrected chi connectivity index (χ3v) is 5.33. The Bertz CT molecular complexity index is 1010. The molecule has 3 heterocycles. The maximum Gasteiger partial charge on any atom is 0.279 e. The van der Waals surface area contributed by atoms with Crippen LogP contribution < -0.4 is 0 Å². The van der Waals surface area contributed by atoms with Crippen LogP contribution in [0.4, 0.5) is 5.69 Å². The first-order chi connectivity index (χ1) is 12.7. The van der Waals surface area contributed by atoms with Gasteiger partial charge in [0, 0.05) is 61.7 Å². The minimum atomic E-state index is -0.307. The lowest BCUT2D eigenvalue weighted by atomic mass is 10.1. The Hall–Kier alpha value is -2.80.